The van der Waals surface area contributed by atoms with Crippen molar-refractivity contribution < 1.29 is 18.6 Å². The molecule has 1 aliphatic heterocycles. The van der Waals surface area contributed by atoms with E-state index in [1.165, 1.54) is 6.07 Å². The van der Waals surface area contributed by atoms with Crippen LogP contribution < -0.4 is 14.2 Å². The van der Waals surface area contributed by atoms with Gasteiger partial charge in [0.1, 0.15) is 23.1 Å². The van der Waals surface area contributed by atoms with E-state index in [2.05, 4.69) is 11.0 Å². The third-order valence-corrected chi connectivity index (χ3v) is 4.78. The molecule has 0 spiro atoms. The van der Waals surface area contributed by atoms with Gasteiger partial charge in [-0.2, -0.15) is 0 Å². The van der Waals surface area contributed by atoms with E-state index in [1.807, 2.05) is 12.1 Å². The van der Waals surface area contributed by atoms with Crippen LogP contribution in [0.2, 0.25) is 0 Å². The molecular formula is C20H24FNO3. The number of benzene rings is 2. The summed E-state index contributed by atoms with van der Waals surface area (Å²) in [7, 11) is 4.93. The summed E-state index contributed by atoms with van der Waals surface area (Å²) in [5, 5.41) is 0. The predicted octanol–water partition coefficient (Wildman–Crippen LogP) is 4.19. The molecule has 0 radical (unpaired) electrons. The molecule has 4 nitrogen and oxygen atoms in total. The van der Waals surface area contributed by atoms with Gasteiger partial charge in [-0.1, -0.05) is 6.07 Å². The van der Waals surface area contributed by atoms with Crippen molar-refractivity contribution in [2.24, 2.45) is 0 Å². The van der Waals surface area contributed by atoms with E-state index in [0.29, 0.717) is 12.3 Å². The summed E-state index contributed by atoms with van der Waals surface area (Å²) in [6.45, 7) is 1.60. The van der Waals surface area contributed by atoms with Crippen LogP contribution in [-0.2, 0) is 6.54 Å². The van der Waals surface area contributed by atoms with Crippen molar-refractivity contribution in [1.29, 1.82) is 0 Å². The van der Waals surface area contributed by atoms with Gasteiger partial charge in [0.2, 0.25) is 0 Å². The van der Waals surface area contributed by atoms with Crippen molar-refractivity contribution in [1.82, 2.24) is 4.90 Å². The van der Waals surface area contributed by atoms with E-state index in [4.69, 9.17) is 14.2 Å². The first-order valence-corrected chi connectivity index (χ1v) is 8.44. The Balaban J connectivity index is 1.87. The Morgan fingerprint density at radius 2 is 1.80 bits per heavy atom. The van der Waals surface area contributed by atoms with Gasteiger partial charge >= 0.3 is 0 Å². The fraction of sp³-hybridized carbons (Fsp3) is 0.400. The minimum absolute atomic E-state index is 0.230. The maximum Gasteiger partial charge on any atom is 0.127 e. The summed E-state index contributed by atoms with van der Waals surface area (Å²) in [5.74, 6) is 2.07. The molecule has 3 rings (SSSR count). The van der Waals surface area contributed by atoms with Gasteiger partial charge in [-0.15, -0.1) is 0 Å². The van der Waals surface area contributed by atoms with Gasteiger partial charge in [-0.25, -0.2) is 4.39 Å². The van der Waals surface area contributed by atoms with Crippen LogP contribution >= 0.6 is 0 Å². The van der Waals surface area contributed by atoms with Crippen molar-refractivity contribution in [2.45, 2.75) is 25.4 Å². The van der Waals surface area contributed by atoms with Gasteiger partial charge in [0.25, 0.3) is 0 Å². The minimum atomic E-state index is -0.242. The first kappa shape index (κ1) is 17.5. The molecule has 0 N–H and O–H groups in total. The Morgan fingerprint density at radius 3 is 2.52 bits per heavy atom. The minimum Gasteiger partial charge on any atom is -0.497 e. The monoisotopic (exact) mass is 345 g/mol. The average Bonchev–Trinajstić information content (AvgIpc) is 3.09. The van der Waals surface area contributed by atoms with Gasteiger partial charge in [0, 0.05) is 29.8 Å². The molecular weight excluding hydrogens is 321 g/mol. The standard InChI is InChI=1S/C20H24FNO3/c1-23-16-7-8-17(20(12-16)25-3)18-5-4-10-22(18)13-14-11-15(21)6-9-19(14)24-2/h6-9,11-12,18H,4-5,10,13H2,1-3H3/t18-/m1/s1. The molecule has 1 saturated heterocycles. The molecule has 1 aliphatic rings. The van der Waals surface area contributed by atoms with Gasteiger partial charge in [-0.3, -0.25) is 4.90 Å². The summed E-state index contributed by atoms with van der Waals surface area (Å²) in [5.41, 5.74) is 2.00. The van der Waals surface area contributed by atoms with Gasteiger partial charge in [0.05, 0.1) is 21.3 Å². The van der Waals surface area contributed by atoms with Crippen LogP contribution in [0.5, 0.6) is 17.2 Å². The lowest BCUT2D eigenvalue weighted by atomic mass is 10.0. The molecule has 2 aromatic carbocycles. The molecule has 0 unspecified atom stereocenters. The number of ether oxygens (including phenoxy) is 3. The summed E-state index contributed by atoms with van der Waals surface area (Å²) in [6.07, 6.45) is 2.14. The largest absolute Gasteiger partial charge is 0.497 e. The number of rotatable bonds is 6. The Kier molecular flexibility index (Phi) is 5.43. The highest BCUT2D eigenvalue weighted by Crippen LogP contribution is 2.40. The number of hydrogen-bond acceptors (Lipinski definition) is 4. The third kappa shape index (κ3) is 3.71. The van der Waals surface area contributed by atoms with E-state index < -0.39 is 0 Å². The Hall–Kier alpha value is -2.27. The molecule has 1 atom stereocenters. The summed E-state index contributed by atoms with van der Waals surface area (Å²) in [4.78, 5) is 2.35. The first-order chi connectivity index (χ1) is 12.2. The Bertz CT molecular complexity index is 735. The zero-order valence-corrected chi connectivity index (χ0v) is 14.9. The highest BCUT2D eigenvalue weighted by atomic mass is 19.1. The zero-order chi connectivity index (χ0) is 17.8. The fourth-order valence-electron chi connectivity index (χ4n) is 3.55. The van der Waals surface area contributed by atoms with Crippen LogP contribution in [0.15, 0.2) is 36.4 Å². The second-order valence-electron chi connectivity index (χ2n) is 6.19. The smallest absolute Gasteiger partial charge is 0.127 e. The first-order valence-electron chi connectivity index (χ1n) is 8.44. The highest BCUT2D eigenvalue weighted by Gasteiger charge is 2.29. The number of hydrogen-bond donors (Lipinski definition) is 0. The second-order valence-corrected chi connectivity index (χ2v) is 6.19. The maximum atomic E-state index is 13.7. The topological polar surface area (TPSA) is 30.9 Å². The van der Waals surface area contributed by atoms with Crippen molar-refractivity contribution in [3.63, 3.8) is 0 Å². The van der Waals surface area contributed by atoms with Crippen LogP contribution in [0.3, 0.4) is 0 Å². The van der Waals surface area contributed by atoms with Crippen molar-refractivity contribution >= 4 is 0 Å². The molecule has 25 heavy (non-hydrogen) atoms. The van der Waals surface area contributed by atoms with E-state index in [0.717, 1.165) is 42.0 Å². The van der Waals surface area contributed by atoms with E-state index >= 15 is 0 Å². The molecule has 1 fully saturated rings. The number of nitrogens with zero attached hydrogens (tertiary/aromatic N) is 1. The fourth-order valence-corrected chi connectivity index (χ4v) is 3.55. The third-order valence-electron chi connectivity index (χ3n) is 4.78. The lowest BCUT2D eigenvalue weighted by molar-refractivity contribution is 0.238. The van der Waals surface area contributed by atoms with Crippen molar-refractivity contribution in [2.75, 3.05) is 27.9 Å². The molecule has 134 valence electrons. The molecule has 2 aromatic rings. The summed E-state index contributed by atoms with van der Waals surface area (Å²) >= 11 is 0. The lowest BCUT2D eigenvalue weighted by Crippen LogP contribution is -2.23. The number of likely N-dealkylation sites (tertiary alicyclic amines) is 1. The molecule has 1 heterocycles. The van der Waals surface area contributed by atoms with Gasteiger partial charge < -0.3 is 14.2 Å². The normalized spacial score (nSPS) is 17.5. The van der Waals surface area contributed by atoms with Crippen LogP contribution in [0, 0.1) is 5.82 Å². The van der Waals surface area contributed by atoms with E-state index in [-0.39, 0.29) is 11.9 Å². The van der Waals surface area contributed by atoms with Crippen LogP contribution in [0.1, 0.15) is 30.0 Å². The maximum absolute atomic E-state index is 13.7. The molecule has 5 heteroatoms. The van der Waals surface area contributed by atoms with Crippen molar-refractivity contribution in [3.05, 3.63) is 53.3 Å². The molecule has 0 bridgehead atoms. The van der Waals surface area contributed by atoms with Crippen molar-refractivity contribution in [3.8, 4) is 17.2 Å². The van der Waals surface area contributed by atoms with Gasteiger partial charge in [0.15, 0.2) is 0 Å². The zero-order valence-electron chi connectivity index (χ0n) is 14.9. The predicted molar refractivity (Wildman–Crippen MR) is 94.9 cm³/mol. The molecule has 0 aromatic heterocycles. The SMILES string of the molecule is COc1ccc([C@H]2CCCN2Cc2cc(F)ccc2OC)c(OC)c1. The quantitative estimate of drug-likeness (QED) is 0.785. The molecule has 0 aliphatic carbocycles. The number of halogens is 1. The van der Waals surface area contributed by atoms with E-state index in [1.54, 1.807) is 33.5 Å². The lowest BCUT2D eigenvalue weighted by Gasteiger charge is -2.27. The Morgan fingerprint density at radius 1 is 1.00 bits per heavy atom. The second kappa shape index (κ2) is 7.74. The van der Waals surface area contributed by atoms with Crippen LogP contribution in [-0.4, -0.2) is 32.8 Å². The van der Waals surface area contributed by atoms with E-state index in [9.17, 15) is 4.39 Å². The van der Waals surface area contributed by atoms with Crippen LogP contribution in [0.4, 0.5) is 4.39 Å². The molecule has 0 amide bonds. The highest BCUT2D eigenvalue weighted by molar-refractivity contribution is 5.43. The van der Waals surface area contributed by atoms with Crippen LogP contribution in [0.25, 0.3) is 0 Å². The summed E-state index contributed by atoms with van der Waals surface area (Å²) in [6, 6.07) is 10.8. The average molecular weight is 345 g/mol. The Labute approximate surface area is 148 Å². The molecule has 0 saturated carbocycles. The van der Waals surface area contributed by atoms with Gasteiger partial charge in [-0.05, 0) is 43.7 Å². The summed E-state index contributed by atoms with van der Waals surface area (Å²) < 4.78 is 29.9. The number of methoxy groups -OCH3 is 3.